The van der Waals surface area contributed by atoms with Crippen LogP contribution in [0.25, 0.3) is 0 Å². The fourth-order valence-corrected chi connectivity index (χ4v) is 0.787. The van der Waals surface area contributed by atoms with E-state index >= 15 is 0 Å². The molecule has 0 bridgehead atoms. The molecule has 0 aromatic heterocycles. The first-order valence-electron chi connectivity index (χ1n) is 3.70. The van der Waals surface area contributed by atoms with Crippen LogP contribution in [0.15, 0.2) is 12.2 Å². The second-order valence-corrected chi connectivity index (χ2v) is 2.25. The summed E-state index contributed by atoms with van der Waals surface area (Å²) in [6.45, 7) is 3.81. The summed E-state index contributed by atoms with van der Waals surface area (Å²) in [7, 11) is 0. The molecule has 0 amide bonds. The number of rotatable bonds is 4. The third-order valence-electron chi connectivity index (χ3n) is 1.18. The van der Waals surface area contributed by atoms with E-state index in [4.69, 9.17) is 10.5 Å². The van der Waals surface area contributed by atoms with Gasteiger partial charge in [-0.3, -0.25) is 4.79 Å². The summed E-state index contributed by atoms with van der Waals surface area (Å²) in [5.74, 6) is -0.262. The standard InChI is InChI=1S/C8H15NO2/c1-3-4-8(5-6-9)11-7(2)10/h3-4,8H,5-6,9H2,1-2H3/b4-3-. The van der Waals surface area contributed by atoms with Gasteiger partial charge in [-0.15, -0.1) is 0 Å². The topological polar surface area (TPSA) is 52.3 Å². The molecule has 0 aliphatic rings. The van der Waals surface area contributed by atoms with Crippen LogP contribution in [0.4, 0.5) is 0 Å². The molecule has 0 spiro atoms. The molecule has 11 heavy (non-hydrogen) atoms. The molecule has 0 aromatic carbocycles. The highest BCUT2D eigenvalue weighted by Gasteiger charge is 2.05. The predicted octanol–water partition coefficient (Wildman–Crippen LogP) is 0.843. The van der Waals surface area contributed by atoms with E-state index in [2.05, 4.69) is 0 Å². The minimum atomic E-state index is -0.262. The molecule has 0 aliphatic heterocycles. The average molecular weight is 157 g/mol. The molecular weight excluding hydrogens is 142 g/mol. The van der Waals surface area contributed by atoms with E-state index in [1.807, 2.05) is 19.1 Å². The fourth-order valence-electron chi connectivity index (χ4n) is 0.787. The Morgan fingerprint density at radius 3 is 2.73 bits per heavy atom. The summed E-state index contributed by atoms with van der Waals surface area (Å²) in [6, 6.07) is 0. The van der Waals surface area contributed by atoms with Crippen molar-refractivity contribution >= 4 is 5.97 Å². The summed E-state index contributed by atoms with van der Waals surface area (Å²) in [5, 5.41) is 0. The molecule has 1 unspecified atom stereocenters. The summed E-state index contributed by atoms with van der Waals surface area (Å²) in [4.78, 5) is 10.5. The zero-order chi connectivity index (χ0) is 8.69. The lowest BCUT2D eigenvalue weighted by Crippen LogP contribution is -2.17. The van der Waals surface area contributed by atoms with Gasteiger partial charge in [0.2, 0.25) is 0 Å². The average Bonchev–Trinajstić information content (AvgIpc) is 1.87. The maximum Gasteiger partial charge on any atom is 0.303 e. The molecule has 0 aromatic rings. The zero-order valence-electron chi connectivity index (χ0n) is 7.04. The molecular formula is C8H15NO2. The van der Waals surface area contributed by atoms with Crippen molar-refractivity contribution in [3.63, 3.8) is 0 Å². The number of ether oxygens (including phenoxy) is 1. The van der Waals surface area contributed by atoms with Crippen LogP contribution in [0, 0.1) is 0 Å². The van der Waals surface area contributed by atoms with E-state index in [1.165, 1.54) is 6.92 Å². The Balaban J connectivity index is 3.78. The molecule has 0 heterocycles. The lowest BCUT2D eigenvalue weighted by molar-refractivity contribution is -0.144. The molecule has 3 nitrogen and oxygen atoms in total. The van der Waals surface area contributed by atoms with Crippen molar-refractivity contribution in [3.05, 3.63) is 12.2 Å². The number of hydrogen-bond acceptors (Lipinski definition) is 3. The molecule has 64 valence electrons. The maximum atomic E-state index is 10.5. The number of allylic oxidation sites excluding steroid dienone is 1. The number of carbonyl (C=O) groups excluding carboxylic acids is 1. The van der Waals surface area contributed by atoms with Gasteiger partial charge in [0.25, 0.3) is 0 Å². The van der Waals surface area contributed by atoms with Gasteiger partial charge in [-0.25, -0.2) is 0 Å². The van der Waals surface area contributed by atoms with Gasteiger partial charge in [-0.2, -0.15) is 0 Å². The molecule has 0 radical (unpaired) electrons. The second kappa shape index (κ2) is 5.92. The van der Waals surface area contributed by atoms with Crippen LogP contribution in [0.5, 0.6) is 0 Å². The normalized spacial score (nSPS) is 13.4. The minimum Gasteiger partial charge on any atom is -0.458 e. The monoisotopic (exact) mass is 157 g/mol. The molecule has 1 atom stereocenters. The molecule has 0 saturated heterocycles. The highest BCUT2D eigenvalue weighted by atomic mass is 16.5. The van der Waals surface area contributed by atoms with E-state index in [1.54, 1.807) is 0 Å². The van der Waals surface area contributed by atoms with Gasteiger partial charge in [-0.1, -0.05) is 6.08 Å². The predicted molar refractivity (Wildman–Crippen MR) is 44.0 cm³/mol. The van der Waals surface area contributed by atoms with E-state index in [9.17, 15) is 4.79 Å². The van der Waals surface area contributed by atoms with Crippen LogP contribution < -0.4 is 5.73 Å². The van der Waals surface area contributed by atoms with Crippen molar-refractivity contribution in [2.75, 3.05) is 6.54 Å². The third-order valence-corrected chi connectivity index (χ3v) is 1.18. The Morgan fingerprint density at radius 1 is 1.73 bits per heavy atom. The molecule has 0 aliphatic carbocycles. The quantitative estimate of drug-likeness (QED) is 0.486. The summed E-state index contributed by atoms with van der Waals surface area (Å²) < 4.78 is 4.93. The van der Waals surface area contributed by atoms with E-state index in [0.29, 0.717) is 13.0 Å². The van der Waals surface area contributed by atoms with Crippen molar-refractivity contribution in [1.82, 2.24) is 0 Å². The molecule has 0 rings (SSSR count). The highest BCUT2D eigenvalue weighted by molar-refractivity contribution is 5.66. The van der Waals surface area contributed by atoms with Gasteiger partial charge in [0.05, 0.1) is 0 Å². The smallest absolute Gasteiger partial charge is 0.303 e. The van der Waals surface area contributed by atoms with Crippen LogP contribution >= 0.6 is 0 Å². The number of esters is 1. The Morgan fingerprint density at radius 2 is 2.36 bits per heavy atom. The van der Waals surface area contributed by atoms with E-state index in [0.717, 1.165) is 0 Å². The molecule has 0 saturated carbocycles. The fraction of sp³-hybridized carbons (Fsp3) is 0.625. The van der Waals surface area contributed by atoms with Gasteiger partial charge in [0.1, 0.15) is 6.10 Å². The lowest BCUT2D eigenvalue weighted by Gasteiger charge is -2.10. The lowest BCUT2D eigenvalue weighted by atomic mass is 10.2. The number of carbonyl (C=O) groups is 1. The van der Waals surface area contributed by atoms with Crippen molar-refractivity contribution in [2.24, 2.45) is 5.73 Å². The van der Waals surface area contributed by atoms with Crippen LogP contribution in [0.1, 0.15) is 20.3 Å². The second-order valence-electron chi connectivity index (χ2n) is 2.25. The van der Waals surface area contributed by atoms with Crippen molar-refractivity contribution in [3.8, 4) is 0 Å². The molecule has 2 N–H and O–H groups in total. The van der Waals surface area contributed by atoms with Crippen LogP contribution in [-0.2, 0) is 9.53 Å². The van der Waals surface area contributed by atoms with Gasteiger partial charge >= 0.3 is 5.97 Å². The van der Waals surface area contributed by atoms with Gasteiger partial charge in [0, 0.05) is 13.3 Å². The largest absolute Gasteiger partial charge is 0.458 e. The minimum absolute atomic E-state index is 0.150. The highest BCUT2D eigenvalue weighted by Crippen LogP contribution is 1.99. The number of nitrogens with two attached hydrogens (primary N) is 1. The van der Waals surface area contributed by atoms with Crippen molar-refractivity contribution < 1.29 is 9.53 Å². The van der Waals surface area contributed by atoms with Gasteiger partial charge < -0.3 is 10.5 Å². The molecule has 0 fully saturated rings. The van der Waals surface area contributed by atoms with Crippen molar-refractivity contribution in [2.45, 2.75) is 26.4 Å². The SMILES string of the molecule is C/C=C\C(CCN)OC(C)=O. The maximum absolute atomic E-state index is 10.5. The first-order valence-corrected chi connectivity index (χ1v) is 3.70. The summed E-state index contributed by atoms with van der Waals surface area (Å²) in [5.41, 5.74) is 5.31. The summed E-state index contributed by atoms with van der Waals surface area (Å²) in [6.07, 6.45) is 4.21. The third kappa shape index (κ3) is 5.61. The van der Waals surface area contributed by atoms with Crippen LogP contribution in [0.3, 0.4) is 0 Å². The first kappa shape index (κ1) is 10.2. The van der Waals surface area contributed by atoms with Crippen LogP contribution in [-0.4, -0.2) is 18.6 Å². The first-order chi connectivity index (χ1) is 5.20. The number of hydrogen-bond donors (Lipinski definition) is 1. The Bertz CT molecular complexity index is 143. The van der Waals surface area contributed by atoms with Gasteiger partial charge in [0.15, 0.2) is 0 Å². The Hall–Kier alpha value is -0.830. The Kier molecular flexibility index (Phi) is 5.47. The molecule has 3 heteroatoms. The van der Waals surface area contributed by atoms with Crippen molar-refractivity contribution in [1.29, 1.82) is 0 Å². The summed E-state index contributed by atoms with van der Waals surface area (Å²) >= 11 is 0. The zero-order valence-corrected chi connectivity index (χ0v) is 7.04. The Labute approximate surface area is 67.2 Å². The van der Waals surface area contributed by atoms with Crippen LogP contribution in [0.2, 0.25) is 0 Å². The van der Waals surface area contributed by atoms with E-state index < -0.39 is 0 Å². The van der Waals surface area contributed by atoms with E-state index in [-0.39, 0.29) is 12.1 Å². The van der Waals surface area contributed by atoms with Gasteiger partial charge in [-0.05, 0) is 19.5 Å².